The molecule has 0 spiro atoms. The molecule has 27 nitrogen and oxygen atoms in total. The number of nitrogens with zero attached hydrogens (tertiary/aromatic N) is 3. The standard InChI is InChI=1S/C50H83N13O14S/c1-7-28(6)40(47(73)56-32(21-29-22-53-25-54-29)43(69)59-35(24-78)44(70)58-34(23-64)50(76)77)61-42(68)31(12-8-9-17-51)55-46(72)39(27(4)5)60-45(71)36-13-10-18-62(36)49(75)37-14-11-19-63(37)48(74)33(20-26(2)3)57-41(67)30(52)15-16-38(65)66/h22,25-28,30-37,39-40,64,78H,7-21,23-24,51-52H2,1-6H3,(H,53,54)(H,55,72)(H,56,73)(H,57,67)(H,58,70)(H,59,69)(H,60,71)(H,61,68)(H,65,66)(H,76,77)/t28-,30-,31-,32-,33-,34-,35-,36-,37-,39-,40-/m0/s1/i10+1,11+1,13+1,14+1,18+1,19+1,36+1,37+1,48+1,49+1,62+1,63+1. The van der Waals surface area contributed by atoms with Gasteiger partial charge in [-0.3, -0.25) is 47.9 Å². The number of rotatable bonds is 33. The smallest absolute Gasteiger partial charge is 0.328 e. The zero-order chi connectivity index (χ0) is 58.4. The van der Waals surface area contributed by atoms with Gasteiger partial charge >= 0.3 is 11.9 Å². The van der Waals surface area contributed by atoms with Gasteiger partial charge in [0, 0.05) is 43.6 Å². The molecule has 3 heterocycles. The fourth-order valence-electron chi connectivity index (χ4n) is 9.14. The lowest BCUT2D eigenvalue weighted by Gasteiger charge is -2.34. The first-order chi connectivity index (χ1) is 36.9. The van der Waals surface area contributed by atoms with E-state index in [0.29, 0.717) is 44.2 Å². The van der Waals surface area contributed by atoms with E-state index in [1.807, 2.05) is 13.8 Å². The Morgan fingerprint density at radius 2 is 1.29 bits per heavy atom. The van der Waals surface area contributed by atoms with E-state index in [4.69, 9.17) is 16.6 Å². The number of unbranched alkanes of at least 4 members (excludes halogenated alkanes) is 1. The molecule has 0 aromatic carbocycles. The van der Waals surface area contributed by atoms with Crippen LogP contribution in [0.25, 0.3) is 0 Å². The Morgan fingerprint density at radius 3 is 1.86 bits per heavy atom. The molecule has 2 fully saturated rings. The molecule has 2 aliphatic rings. The quantitative estimate of drug-likeness (QED) is 0.0149. The van der Waals surface area contributed by atoms with Crippen molar-refractivity contribution in [1.82, 2.24) is 57.0 Å². The molecule has 2 aliphatic heterocycles. The molecule has 9 amide bonds. The molecule has 0 radical (unpaired) electrons. The number of carbonyl (C=O) groups excluding carboxylic acids is 9. The Labute approximate surface area is 459 Å². The first-order valence-corrected chi connectivity index (χ1v) is 27.3. The number of thiol groups is 1. The van der Waals surface area contributed by atoms with Gasteiger partial charge in [0.1, 0.15) is 54.4 Å². The zero-order valence-electron chi connectivity index (χ0n) is 45.5. The highest BCUT2D eigenvalue weighted by Crippen LogP contribution is 2.27. The fraction of sp³-hybridized carbons (Fsp3) is 0.720. The average molecular weight is 1130 g/mol. The minimum absolute atomic E-state index is 0.0625. The molecule has 0 bridgehead atoms. The predicted molar refractivity (Wildman–Crippen MR) is 285 cm³/mol. The zero-order valence-corrected chi connectivity index (χ0v) is 46.4. The third-order valence-corrected chi connectivity index (χ3v) is 14.2. The van der Waals surface area contributed by atoms with Crippen LogP contribution in [0.1, 0.15) is 118 Å². The molecule has 0 aliphatic carbocycles. The minimum Gasteiger partial charge on any atom is -0.481 e. The Bertz CT molecular complexity index is 2220. The number of carboxylic acids is 2. The monoisotopic (exact) mass is 1130 g/mol. The van der Waals surface area contributed by atoms with Crippen molar-refractivity contribution in [3.63, 3.8) is 0 Å². The number of hydrogen-bond acceptors (Lipinski definition) is 16. The number of carboxylic acid groups (broad SMARTS) is 2. The van der Waals surface area contributed by atoms with Crippen molar-refractivity contribution in [2.45, 2.75) is 179 Å². The van der Waals surface area contributed by atoms with Crippen LogP contribution in [0, 0.1) is 17.8 Å². The second-order valence-electron chi connectivity index (χ2n) is 20.7. The molecule has 1 aromatic heterocycles. The molecule has 0 unspecified atom stereocenters. The normalized spacial score (nSPS) is 18.8. The topological polar surface area (TPSA) is 420 Å². The van der Waals surface area contributed by atoms with Crippen molar-refractivity contribution >= 4 is 77.7 Å². The van der Waals surface area contributed by atoms with E-state index < -0.39 is 144 Å². The van der Waals surface area contributed by atoms with Gasteiger partial charge < -0.3 is 78.8 Å². The number of carbonyl (C=O) groups is 11. The van der Waals surface area contributed by atoms with Gasteiger partial charge in [0.2, 0.25) is 53.2 Å². The summed E-state index contributed by atoms with van der Waals surface area (Å²) in [6.07, 6.45) is 5.04. The summed E-state index contributed by atoms with van der Waals surface area (Å²) in [6.45, 7) is 10.3. The van der Waals surface area contributed by atoms with Gasteiger partial charge in [-0.2, -0.15) is 12.6 Å². The van der Waals surface area contributed by atoms with Crippen molar-refractivity contribution in [3.05, 3.63) is 18.2 Å². The van der Waals surface area contributed by atoms with Crippen LogP contribution in [-0.4, -0.2) is 193 Å². The summed E-state index contributed by atoms with van der Waals surface area (Å²) in [5.74, 6) is -10.5. The number of hydrogen-bond donors (Lipinski definition) is 14. The van der Waals surface area contributed by atoms with Crippen LogP contribution in [0.2, 0.25) is 0 Å². The highest BCUT2D eigenvalue weighted by Gasteiger charge is 2.45. The SMILES string of the molecule is CC[C@H](C)[C@H](NC(=O)[C@H](CCCCN)NC(=O)[C@@H](NC(=O)[13C@@H]1[13CH2][13CH2][13CH2][15N]1[13C](=O)[13C@@H]1[13CH2][13CH2][13CH2][15N]1[13C](=O)[C@H](CC(C)C)NC(=O)[C@@H](N)CCC(=O)O)C(C)C)C(=O)N[C@@H](Cc1cnc[nH]1)C(=O)N[C@@H](CS)C(=O)N[C@@H](CO)C(=O)O. The number of nitrogens with one attached hydrogen (secondary N) is 8. The minimum atomic E-state index is -1.67. The van der Waals surface area contributed by atoms with Crippen LogP contribution >= 0.6 is 12.6 Å². The number of aromatic nitrogens is 2. The summed E-state index contributed by atoms with van der Waals surface area (Å²) >= 11 is 4.13. The fourth-order valence-corrected chi connectivity index (χ4v) is 9.40. The lowest BCUT2D eigenvalue weighted by molar-refractivity contribution is -0.148. The average Bonchev–Trinajstić information content (AvgIpc) is 4.21. The van der Waals surface area contributed by atoms with E-state index in [1.54, 1.807) is 27.7 Å². The highest BCUT2D eigenvalue weighted by atomic mass is 32.1. The number of likely N-dealkylation sites (tertiary alicyclic amines) is 2. The maximum Gasteiger partial charge on any atom is 0.328 e. The Balaban J connectivity index is 1.81. The van der Waals surface area contributed by atoms with Gasteiger partial charge in [0.15, 0.2) is 0 Å². The number of amides is 9. The summed E-state index contributed by atoms with van der Waals surface area (Å²) in [5, 5.41) is 46.0. The summed E-state index contributed by atoms with van der Waals surface area (Å²) in [4.78, 5) is 157. The third kappa shape index (κ3) is 19.8. The summed E-state index contributed by atoms with van der Waals surface area (Å²) in [6, 6.07) is -12.4. The maximum absolute atomic E-state index is 14.4. The second-order valence-corrected chi connectivity index (χ2v) is 21.1. The maximum atomic E-state index is 14.4. The number of aromatic amines is 1. The van der Waals surface area contributed by atoms with Crippen molar-refractivity contribution < 1.29 is 68.1 Å². The van der Waals surface area contributed by atoms with Crippen molar-refractivity contribution in [2.75, 3.05) is 32.0 Å². The van der Waals surface area contributed by atoms with Gasteiger partial charge in [-0.1, -0.05) is 48.0 Å². The Morgan fingerprint density at radius 1 is 0.718 bits per heavy atom. The number of aliphatic hydroxyl groups is 1. The molecule has 438 valence electrons. The third-order valence-electron chi connectivity index (χ3n) is 13.8. The first kappa shape index (κ1) is 65.9. The molecular weight excluding hydrogens is 1050 g/mol. The largest absolute Gasteiger partial charge is 0.481 e. The van der Waals surface area contributed by atoms with E-state index in [9.17, 15) is 63.0 Å². The number of aliphatic carboxylic acids is 2. The van der Waals surface area contributed by atoms with Crippen molar-refractivity contribution in [3.8, 4) is 0 Å². The van der Waals surface area contributed by atoms with Gasteiger partial charge in [0.05, 0.1) is 19.0 Å². The Hall–Kier alpha value is -6.39. The molecular formula is C50H83N13O14S. The molecule has 15 N–H and O–H groups in total. The molecule has 78 heavy (non-hydrogen) atoms. The van der Waals surface area contributed by atoms with Crippen LogP contribution in [0.15, 0.2) is 12.5 Å². The number of nitrogens with two attached hydrogens (primary N) is 2. The van der Waals surface area contributed by atoms with Crippen LogP contribution in [0.4, 0.5) is 0 Å². The molecule has 0 saturated carbocycles. The van der Waals surface area contributed by atoms with E-state index in [-0.39, 0.29) is 69.8 Å². The molecule has 3 rings (SSSR count). The lowest BCUT2D eigenvalue weighted by atomic mass is 9.96. The Kier molecular flexibility index (Phi) is 27.5. The van der Waals surface area contributed by atoms with E-state index in [2.05, 4.69) is 59.8 Å². The lowest BCUT2D eigenvalue weighted by Crippen LogP contribution is -2.62. The molecule has 1 aromatic rings. The number of H-pyrrole nitrogens is 1. The van der Waals surface area contributed by atoms with Gasteiger partial charge in [-0.25, -0.2) is 9.78 Å². The highest BCUT2D eigenvalue weighted by molar-refractivity contribution is 7.80. The molecule has 11 atom stereocenters. The first-order valence-electron chi connectivity index (χ1n) is 26.7. The van der Waals surface area contributed by atoms with Crippen molar-refractivity contribution in [1.29, 1.82) is 0 Å². The summed E-state index contributed by atoms with van der Waals surface area (Å²) in [7, 11) is 0. The summed E-state index contributed by atoms with van der Waals surface area (Å²) in [5.41, 5.74) is 12.1. The van der Waals surface area contributed by atoms with E-state index in [1.165, 1.54) is 22.3 Å². The van der Waals surface area contributed by atoms with Crippen LogP contribution in [0.3, 0.4) is 0 Å². The van der Waals surface area contributed by atoms with E-state index in [0.717, 1.165) is 0 Å². The second kappa shape index (κ2) is 32.5. The van der Waals surface area contributed by atoms with Gasteiger partial charge in [0.25, 0.3) is 0 Å². The number of aliphatic hydroxyl groups excluding tert-OH is 1. The predicted octanol–water partition coefficient (Wildman–Crippen LogP) is -2.60. The van der Waals surface area contributed by atoms with Gasteiger partial charge in [-0.05, 0) is 82.1 Å². The summed E-state index contributed by atoms with van der Waals surface area (Å²) < 4.78 is 0. The van der Waals surface area contributed by atoms with Crippen molar-refractivity contribution in [2.24, 2.45) is 29.2 Å². The number of imidazole rings is 1. The molecule has 28 heteroatoms. The van der Waals surface area contributed by atoms with Crippen LogP contribution in [0.5, 0.6) is 0 Å². The van der Waals surface area contributed by atoms with Gasteiger partial charge in [-0.15, -0.1) is 0 Å². The van der Waals surface area contributed by atoms with Crippen LogP contribution < -0.4 is 48.7 Å². The van der Waals surface area contributed by atoms with Crippen LogP contribution in [-0.2, 0) is 59.2 Å². The van der Waals surface area contributed by atoms with E-state index >= 15 is 0 Å². The molecule has 2 saturated heterocycles.